The van der Waals surface area contributed by atoms with Gasteiger partial charge in [-0.05, 0) is 13.8 Å². The number of morpholine rings is 1. The molecule has 5 heteroatoms. The first kappa shape index (κ1) is 12.4. The Hall–Kier alpha value is -0.650. The van der Waals surface area contributed by atoms with Crippen LogP contribution in [0.1, 0.15) is 13.8 Å². The molecule has 5 nitrogen and oxygen atoms in total. The Kier molecular flexibility index (Phi) is 4.50. The Balaban J connectivity index is 2.67. The van der Waals surface area contributed by atoms with Crippen LogP contribution in [-0.2, 0) is 14.3 Å². The molecule has 3 atom stereocenters. The maximum absolute atomic E-state index is 11.1. The summed E-state index contributed by atoms with van der Waals surface area (Å²) in [5.41, 5.74) is 0. The summed E-state index contributed by atoms with van der Waals surface area (Å²) in [6.45, 7) is 5.35. The van der Waals surface area contributed by atoms with E-state index in [1.54, 1.807) is 0 Å². The van der Waals surface area contributed by atoms with Crippen LogP contribution in [-0.4, -0.2) is 61.0 Å². The number of aliphatic carboxylic acids is 1. The molecule has 3 unspecified atom stereocenters. The molecule has 0 amide bonds. The lowest BCUT2D eigenvalue weighted by Crippen LogP contribution is -2.56. The molecule has 1 rings (SSSR count). The van der Waals surface area contributed by atoms with Crippen LogP contribution in [0.5, 0.6) is 0 Å². The number of hydrogen-bond donors (Lipinski definition) is 1. The fourth-order valence-electron chi connectivity index (χ4n) is 1.83. The summed E-state index contributed by atoms with van der Waals surface area (Å²) in [6, 6.07) is -0.450. The topological polar surface area (TPSA) is 59.0 Å². The number of carbonyl (C=O) groups is 1. The minimum atomic E-state index is -0.835. The zero-order chi connectivity index (χ0) is 11.4. The zero-order valence-electron chi connectivity index (χ0n) is 9.47. The number of methoxy groups -OCH3 is 1. The van der Waals surface area contributed by atoms with E-state index in [0.29, 0.717) is 13.2 Å². The third-order valence-corrected chi connectivity index (χ3v) is 2.67. The van der Waals surface area contributed by atoms with Crippen molar-refractivity contribution in [3.63, 3.8) is 0 Å². The highest BCUT2D eigenvalue weighted by atomic mass is 16.5. The first-order valence-corrected chi connectivity index (χ1v) is 5.15. The molecule has 0 radical (unpaired) electrons. The third kappa shape index (κ3) is 3.15. The number of hydrogen-bond acceptors (Lipinski definition) is 4. The summed E-state index contributed by atoms with van der Waals surface area (Å²) in [5.74, 6) is -0.835. The molecule has 15 heavy (non-hydrogen) atoms. The monoisotopic (exact) mass is 217 g/mol. The Morgan fingerprint density at radius 1 is 1.67 bits per heavy atom. The smallest absolute Gasteiger partial charge is 0.323 e. The van der Waals surface area contributed by atoms with Gasteiger partial charge in [0.2, 0.25) is 0 Å². The Labute approximate surface area is 90.0 Å². The molecule has 0 spiro atoms. The molecule has 0 saturated carbocycles. The van der Waals surface area contributed by atoms with Crippen LogP contribution in [0.4, 0.5) is 0 Å². The molecule has 1 N–H and O–H groups in total. The van der Waals surface area contributed by atoms with Crippen LogP contribution < -0.4 is 0 Å². The molecule has 1 heterocycles. The molecule has 1 fully saturated rings. The molecule has 88 valence electrons. The predicted molar refractivity (Wildman–Crippen MR) is 54.9 cm³/mol. The van der Waals surface area contributed by atoms with Gasteiger partial charge in [0.1, 0.15) is 6.04 Å². The normalized spacial score (nSPS) is 30.1. The van der Waals surface area contributed by atoms with Gasteiger partial charge in [-0.3, -0.25) is 9.69 Å². The number of rotatable bonds is 4. The summed E-state index contributed by atoms with van der Waals surface area (Å²) < 4.78 is 10.4. The van der Waals surface area contributed by atoms with Gasteiger partial charge < -0.3 is 14.6 Å². The van der Waals surface area contributed by atoms with E-state index < -0.39 is 12.0 Å². The van der Waals surface area contributed by atoms with E-state index in [-0.39, 0.29) is 18.8 Å². The first-order valence-electron chi connectivity index (χ1n) is 5.15. The summed E-state index contributed by atoms with van der Waals surface area (Å²) in [4.78, 5) is 13.0. The minimum Gasteiger partial charge on any atom is -0.480 e. The Morgan fingerprint density at radius 3 is 2.87 bits per heavy atom. The van der Waals surface area contributed by atoms with Crippen molar-refractivity contribution in [1.29, 1.82) is 0 Å². The zero-order valence-corrected chi connectivity index (χ0v) is 9.47. The minimum absolute atomic E-state index is 0.0832. The van der Waals surface area contributed by atoms with Crippen molar-refractivity contribution >= 4 is 5.97 Å². The maximum atomic E-state index is 11.1. The van der Waals surface area contributed by atoms with Crippen molar-refractivity contribution < 1.29 is 19.4 Å². The lowest BCUT2D eigenvalue weighted by atomic mass is 10.1. The van der Waals surface area contributed by atoms with E-state index in [2.05, 4.69) is 0 Å². The number of nitrogens with zero attached hydrogens (tertiary/aromatic N) is 1. The maximum Gasteiger partial charge on any atom is 0.323 e. The quantitative estimate of drug-likeness (QED) is 0.728. The molecule has 1 aliphatic heterocycles. The van der Waals surface area contributed by atoms with Crippen molar-refractivity contribution in [3.8, 4) is 0 Å². The lowest BCUT2D eigenvalue weighted by molar-refractivity contribution is -0.152. The molecule has 0 aromatic carbocycles. The van der Waals surface area contributed by atoms with Crippen molar-refractivity contribution in [2.45, 2.75) is 32.0 Å². The standard InChI is InChI=1S/C10H19NO4/c1-7-5-15-8(2)4-11(7)9(6-14-3)10(12)13/h7-9H,4-6H2,1-3H3,(H,12,13). The first-order chi connectivity index (χ1) is 7.06. The second-order valence-electron chi connectivity index (χ2n) is 4.00. The summed E-state index contributed by atoms with van der Waals surface area (Å²) in [7, 11) is 1.52. The van der Waals surface area contributed by atoms with Crippen molar-refractivity contribution in [3.05, 3.63) is 0 Å². The average Bonchev–Trinajstić information content (AvgIpc) is 2.18. The number of carboxylic acid groups (broad SMARTS) is 1. The number of carboxylic acids is 1. The van der Waals surface area contributed by atoms with Gasteiger partial charge >= 0.3 is 5.97 Å². The van der Waals surface area contributed by atoms with Gasteiger partial charge in [0, 0.05) is 19.7 Å². The van der Waals surface area contributed by atoms with E-state index in [0.717, 1.165) is 0 Å². The van der Waals surface area contributed by atoms with Gasteiger partial charge in [-0.1, -0.05) is 0 Å². The van der Waals surface area contributed by atoms with Gasteiger partial charge in [-0.25, -0.2) is 0 Å². The fraction of sp³-hybridized carbons (Fsp3) is 0.900. The highest BCUT2D eigenvalue weighted by Crippen LogP contribution is 2.15. The van der Waals surface area contributed by atoms with Gasteiger partial charge in [0.15, 0.2) is 0 Å². The molecular weight excluding hydrogens is 198 g/mol. The van der Waals surface area contributed by atoms with E-state index in [9.17, 15) is 4.79 Å². The lowest BCUT2D eigenvalue weighted by Gasteiger charge is -2.39. The highest BCUT2D eigenvalue weighted by molar-refractivity contribution is 5.73. The van der Waals surface area contributed by atoms with Crippen LogP contribution in [0, 0.1) is 0 Å². The van der Waals surface area contributed by atoms with Gasteiger partial charge in [-0.15, -0.1) is 0 Å². The Morgan fingerprint density at radius 2 is 2.33 bits per heavy atom. The molecule has 0 bridgehead atoms. The van der Waals surface area contributed by atoms with Crippen LogP contribution >= 0.6 is 0 Å². The van der Waals surface area contributed by atoms with Crippen LogP contribution in [0.15, 0.2) is 0 Å². The second kappa shape index (κ2) is 5.44. The summed E-state index contributed by atoms with van der Waals surface area (Å²) in [5, 5.41) is 9.10. The van der Waals surface area contributed by atoms with Gasteiger partial charge in [0.25, 0.3) is 0 Å². The van der Waals surface area contributed by atoms with E-state index >= 15 is 0 Å². The van der Waals surface area contributed by atoms with E-state index in [1.807, 2.05) is 18.7 Å². The molecule has 0 aliphatic carbocycles. The van der Waals surface area contributed by atoms with Crippen LogP contribution in [0.25, 0.3) is 0 Å². The SMILES string of the molecule is COCC(C(=O)O)N1CC(C)OCC1C. The second-order valence-corrected chi connectivity index (χ2v) is 4.00. The van der Waals surface area contributed by atoms with Gasteiger partial charge in [-0.2, -0.15) is 0 Å². The highest BCUT2D eigenvalue weighted by Gasteiger charge is 2.33. The molecular formula is C10H19NO4. The third-order valence-electron chi connectivity index (χ3n) is 2.67. The summed E-state index contributed by atoms with van der Waals surface area (Å²) in [6.07, 6.45) is 0.0832. The van der Waals surface area contributed by atoms with E-state index in [1.165, 1.54) is 7.11 Å². The molecule has 0 aromatic rings. The molecule has 1 saturated heterocycles. The van der Waals surface area contributed by atoms with Crippen molar-refractivity contribution in [1.82, 2.24) is 4.90 Å². The van der Waals surface area contributed by atoms with Crippen molar-refractivity contribution in [2.75, 3.05) is 26.9 Å². The fourth-order valence-corrected chi connectivity index (χ4v) is 1.83. The molecule has 0 aromatic heterocycles. The summed E-state index contributed by atoms with van der Waals surface area (Å²) >= 11 is 0. The average molecular weight is 217 g/mol. The molecule has 1 aliphatic rings. The van der Waals surface area contributed by atoms with Crippen LogP contribution in [0.3, 0.4) is 0 Å². The van der Waals surface area contributed by atoms with Gasteiger partial charge in [0.05, 0.1) is 19.3 Å². The Bertz CT molecular complexity index is 221. The number of ether oxygens (including phenoxy) is 2. The van der Waals surface area contributed by atoms with Crippen molar-refractivity contribution in [2.24, 2.45) is 0 Å². The van der Waals surface area contributed by atoms with E-state index in [4.69, 9.17) is 14.6 Å². The van der Waals surface area contributed by atoms with Crippen LogP contribution in [0.2, 0.25) is 0 Å². The predicted octanol–water partition coefficient (Wildman–Crippen LogP) is 0.195. The largest absolute Gasteiger partial charge is 0.480 e.